The molecule has 0 unspecified atom stereocenters. The fraction of sp³-hybridized carbons (Fsp3) is 0.429. The summed E-state index contributed by atoms with van der Waals surface area (Å²) >= 11 is 0. The number of carboxylic acids is 1. The number of carboxylic acid groups (broad SMARTS) is 1. The molecule has 1 fully saturated rings. The minimum absolute atomic E-state index is 0.175. The maximum atomic E-state index is 13.5. The second kappa shape index (κ2) is 7.28. The van der Waals surface area contributed by atoms with Gasteiger partial charge in [0.1, 0.15) is 43.9 Å². The Morgan fingerprint density at radius 1 is 1.32 bits per heavy atom. The highest BCUT2D eigenvalue weighted by Gasteiger charge is 2.29. The average Bonchev–Trinajstić information content (AvgIpc) is 2.48. The van der Waals surface area contributed by atoms with Crippen molar-refractivity contribution in [3.8, 4) is 0 Å². The molecule has 1 heterocycles. The zero-order valence-corrected chi connectivity index (χ0v) is 11.9. The molecular weight excluding hydrogens is 296 g/mol. The Morgan fingerprint density at radius 3 is 2.59 bits per heavy atom. The largest absolute Gasteiger partial charge is 0.544 e. The van der Waals surface area contributed by atoms with Gasteiger partial charge in [-0.2, -0.15) is 0 Å². The number of halogens is 2. The minimum Gasteiger partial charge on any atom is -0.544 e. The highest BCUT2D eigenvalue weighted by atomic mass is 19.1. The maximum Gasteiger partial charge on any atom is 0.230 e. The molecular formula is C14H18F2N3O3+. The molecule has 2 rings (SSSR count). The topological polar surface area (TPSA) is 90.3 Å². The van der Waals surface area contributed by atoms with Gasteiger partial charge in [0.25, 0.3) is 0 Å². The number of amides is 1. The zero-order chi connectivity index (χ0) is 16.1. The molecule has 6 nitrogen and oxygen atoms in total. The van der Waals surface area contributed by atoms with Crippen molar-refractivity contribution in [2.45, 2.75) is 12.5 Å². The Bertz CT molecular complexity index is 562. The summed E-state index contributed by atoms with van der Waals surface area (Å²) in [5.41, 5.74) is -0.175. The molecule has 1 aromatic rings. The fourth-order valence-electron chi connectivity index (χ4n) is 2.56. The van der Waals surface area contributed by atoms with Crippen LogP contribution in [-0.2, 0) is 9.59 Å². The number of hydrogen-bond donors (Lipinski definition) is 3. The van der Waals surface area contributed by atoms with Crippen molar-refractivity contribution in [2.75, 3.05) is 31.5 Å². The van der Waals surface area contributed by atoms with Crippen LogP contribution >= 0.6 is 0 Å². The first-order valence-corrected chi connectivity index (χ1v) is 7.09. The van der Waals surface area contributed by atoms with Crippen LogP contribution in [0.1, 0.15) is 6.42 Å². The molecule has 1 aliphatic rings. The summed E-state index contributed by atoms with van der Waals surface area (Å²) in [6.45, 7) is 2.81. The van der Waals surface area contributed by atoms with E-state index in [0.29, 0.717) is 19.2 Å². The Balaban J connectivity index is 2.00. The van der Waals surface area contributed by atoms with Crippen molar-refractivity contribution in [3.05, 3.63) is 29.8 Å². The van der Waals surface area contributed by atoms with Crippen molar-refractivity contribution in [1.29, 1.82) is 0 Å². The molecule has 120 valence electrons. The van der Waals surface area contributed by atoms with Gasteiger partial charge in [-0.05, 0) is 12.1 Å². The van der Waals surface area contributed by atoms with Gasteiger partial charge >= 0.3 is 0 Å². The maximum absolute atomic E-state index is 13.5. The highest BCUT2D eigenvalue weighted by Crippen LogP contribution is 2.15. The van der Waals surface area contributed by atoms with Crippen LogP contribution in [0.2, 0.25) is 0 Å². The first-order valence-electron chi connectivity index (χ1n) is 7.09. The Morgan fingerprint density at radius 2 is 2.00 bits per heavy atom. The van der Waals surface area contributed by atoms with E-state index in [4.69, 9.17) is 0 Å². The third-order valence-corrected chi connectivity index (χ3v) is 3.71. The lowest BCUT2D eigenvalue weighted by Crippen LogP contribution is -3.24. The quantitative estimate of drug-likeness (QED) is 0.537. The van der Waals surface area contributed by atoms with Crippen molar-refractivity contribution < 1.29 is 33.7 Å². The van der Waals surface area contributed by atoms with Crippen LogP contribution in [0.25, 0.3) is 0 Å². The molecule has 0 aromatic heterocycles. The predicted octanol–water partition coefficient (Wildman–Crippen LogP) is -3.13. The summed E-state index contributed by atoms with van der Waals surface area (Å²) in [4.78, 5) is 24.0. The predicted molar refractivity (Wildman–Crippen MR) is 70.8 cm³/mol. The van der Waals surface area contributed by atoms with Crippen LogP contribution in [0.15, 0.2) is 18.2 Å². The van der Waals surface area contributed by atoms with Crippen LogP contribution in [0.4, 0.5) is 14.5 Å². The number of quaternary nitrogens is 2. The van der Waals surface area contributed by atoms with Crippen LogP contribution < -0.4 is 20.6 Å². The summed E-state index contributed by atoms with van der Waals surface area (Å²) in [6.07, 6.45) is -0.311. The van der Waals surface area contributed by atoms with Gasteiger partial charge in [-0.3, -0.25) is 4.79 Å². The fourth-order valence-corrected chi connectivity index (χ4v) is 2.56. The molecule has 0 saturated carbocycles. The summed E-state index contributed by atoms with van der Waals surface area (Å²) < 4.78 is 26.3. The first-order chi connectivity index (χ1) is 10.5. The summed E-state index contributed by atoms with van der Waals surface area (Å²) in [7, 11) is 0. The molecule has 1 aromatic carbocycles. The third kappa shape index (κ3) is 4.22. The molecule has 1 atom stereocenters. The standard InChI is InChI=1S/C14H17F2N3O3/c15-9-1-2-11(10(16)7-9)18-13(20)8-12(14(21)22)19-5-3-17-4-6-19/h1-2,7,12,17H,3-6,8H2,(H,18,20)(H,21,22)/p+1/t12-/m1/s1. The van der Waals surface area contributed by atoms with Crippen molar-refractivity contribution in [3.63, 3.8) is 0 Å². The number of anilines is 1. The number of benzene rings is 1. The van der Waals surface area contributed by atoms with Crippen molar-refractivity contribution >= 4 is 17.6 Å². The average molecular weight is 314 g/mol. The molecule has 0 spiro atoms. The molecule has 1 aliphatic heterocycles. The van der Waals surface area contributed by atoms with Crippen LogP contribution in [-0.4, -0.2) is 44.1 Å². The van der Waals surface area contributed by atoms with Crippen LogP contribution in [0.3, 0.4) is 0 Å². The summed E-state index contributed by atoms with van der Waals surface area (Å²) in [5, 5.41) is 15.6. The van der Waals surface area contributed by atoms with Crippen LogP contribution in [0.5, 0.6) is 0 Å². The van der Waals surface area contributed by atoms with Crippen molar-refractivity contribution in [1.82, 2.24) is 0 Å². The van der Waals surface area contributed by atoms with Crippen molar-refractivity contribution in [2.24, 2.45) is 0 Å². The van der Waals surface area contributed by atoms with Gasteiger partial charge in [0.15, 0.2) is 0 Å². The first kappa shape index (κ1) is 16.3. The van der Waals surface area contributed by atoms with E-state index in [2.05, 4.69) is 10.6 Å². The molecule has 0 radical (unpaired) electrons. The highest BCUT2D eigenvalue weighted by molar-refractivity contribution is 5.93. The number of nitrogens with one attached hydrogen (secondary N) is 2. The molecule has 1 amide bonds. The lowest BCUT2D eigenvalue weighted by molar-refractivity contribution is -0.961. The normalized spacial score (nSPS) is 17.0. The van der Waals surface area contributed by atoms with E-state index in [9.17, 15) is 23.5 Å². The zero-order valence-electron chi connectivity index (χ0n) is 11.9. The van der Waals surface area contributed by atoms with Gasteiger partial charge in [0.2, 0.25) is 5.91 Å². The van der Waals surface area contributed by atoms with Gasteiger partial charge in [0, 0.05) is 6.07 Å². The monoisotopic (exact) mass is 314 g/mol. The number of nitrogens with two attached hydrogens (primary N) is 1. The number of piperazine rings is 1. The van der Waals surface area contributed by atoms with E-state index in [0.717, 1.165) is 30.1 Å². The number of aliphatic carboxylic acids is 1. The molecule has 22 heavy (non-hydrogen) atoms. The summed E-state index contributed by atoms with van der Waals surface area (Å²) in [6, 6.07) is 1.79. The lowest BCUT2D eigenvalue weighted by Gasteiger charge is -2.30. The van der Waals surface area contributed by atoms with E-state index in [-0.39, 0.29) is 12.1 Å². The third-order valence-electron chi connectivity index (χ3n) is 3.71. The SMILES string of the molecule is O=C(C[C@H](C(=O)[O-])[NH+]1CC[NH2+]CC1)Nc1ccc(F)cc1F. The Labute approximate surface area is 126 Å². The van der Waals surface area contributed by atoms with E-state index < -0.39 is 29.6 Å². The second-order valence-electron chi connectivity index (χ2n) is 5.27. The molecule has 4 N–H and O–H groups in total. The van der Waals surface area contributed by atoms with E-state index in [1.807, 2.05) is 0 Å². The van der Waals surface area contributed by atoms with E-state index in [1.165, 1.54) is 0 Å². The van der Waals surface area contributed by atoms with Gasteiger partial charge in [-0.15, -0.1) is 0 Å². The van der Waals surface area contributed by atoms with Crippen LogP contribution in [0, 0.1) is 11.6 Å². The number of hydrogen-bond acceptors (Lipinski definition) is 3. The molecule has 8 heteroatoms. The Kier molecular flexibility index (Phi) is 5.40. The van der Waals surface area contributed by atoms with Gasteiger partial charge in [-0.25, -0.2) is 8.78 Å². The molecule has 0 bridgehead atoms. The number of carbonyl (C=O) groups excluding carboxylic acids is 2. The minimum atomic E-state index is -1.30. The second-order valence-corrected chi connectivity index (χ2v) is 5.27. The van der Waals surface area contributed by atoms with Gasteiger partial charge in [-0.1, -0.05) is 0 Å². The van der Waals surface area contributed by atoms with E-state index >= 15 is 0 Å². The number of rotatable bonds is 5. The summed E-state index contributed by atoms with van der Waals surface area (Å²) in [5.74, 6) is -3.59. The smallest absolute Gasteiger partial charge is 0.230 e. The van der Waals surface area contributed by atoms with Gasteiger partial charge in [0.05, 0.1) is 18.1 Å². The molecule has 0 aliphatic carbocycles. The number of carbonyl (C=O) groups is 2. The molecule has 1 saturated heterocycles. The Hall–Kier alpha value is -2.06. The lowest BCUT2D eigenvalue weighted by atomic mass is 10.1. The van der Waals surface area contributed by atoms with Gasteiger partial charge < -0.3 is 25.4 Å². The van der Waals surface area contributed by atoms with E-state index in [1.54, 1.807) is 0 Å².